The Labute approximate surface area is 127 Å². The molecule has 2 amide bonds. The SMILES string of the molecule is CCC(C)C(NC(=O)Nc1c(Cl)cccc1Cl)C(=O)O. The number of aliphatic carboxylic acids is 1. The van der Waals surface area contributed by atoms with Crippen molar-refractivity contribution in [2.75, 3.05) is 5.32 Å². The molecule has 0 fully saturated rings. The Bertz CT molecular complexity index is 488. The topological polar surface area (TPSA) is 78.4 Å². The predicted octanol–water partition coefficient (Wildman–Crippen LogP) is 3.61. The Morgan fingerprint density at radius 1 is 1.30 bits per heavy atom. The summed E-state index contributed by atoms with van der Waals surface area (Å²) in [4.78, 5) is 23.0. The van der Waals surface area contributed by atoms with Gasteiger partial charge in [-0.3, -0.25) is 0 Å². The number of hydrogen-bond acceptors (Lipinski definition) is 2. The van der Waals surface area contributed by atoms with Crippen molar-refractivity contribution < 1.29 is 14.7 Å². The number of carboxylic acids is 1. The van der Waals surface area contributed by atoms with E-state index < -0.39 is 18.0 Å². The minimum absolute atomic E-state index is 0.194. The number of carbonyl (C=O) groups excluding carboxylic acids is 1. The van der Waals surface area contributed by atoms with Crippen molar-refractivity contribution in [2.24, 2.45) is 5.92 Å². The number of halogens is 2. The molecule has 110 valence electrons. The highest BCUT2D eigenvalue weighted by Gasteiger charge is 2.25. The third-order valence-corrected chi connectivity index (χ3v) is 3.60. The van der Waals surface area contributed by atoms with Crippen LogP contribution in [0.25, 0.3) is 0 Å². The van der Waals surface area contributed by atoms with Crippen molar-refractivity contribution in [3.63, 3.8) is 0 Å². The summed E-state index contributed by atoms with van der Waals surface area (Å²) in [6.07, 6.45) is 0.629. The van der Waals surface area contributed by atoms with Crippen LogP contribution in [-0.4, -0.2) is 23.1 Å². The highest BCUT2D eigenvalue weighted by atomic mass is 35.5. The molecule has 0 spiro atoms. The van der Waals surface area contributed by atoms with E-state index in [1.54, 1.807) is 25.1 Å². The van der Waals surface area contributed by atoms with Gasteiger partial charge in [0.05, 0.1) is 15.7 Å². The average molecular weight is 319 g/mol. The lowest BCUT2D eigenvalue weighted by molar-refractivity contribution is -0.140. The highest BCUT2D eigenvalue weighted by molar-refractivity contribution is 6.39. The van der Waals surface area contributed by atoms with E-state index in [0.717, 1.165) is 0 Å². The van der Waals surface area contributed by atoms with E-state index in [1.807, 2.05) is 6.92 Å². The zero-order valence-corrected chi connectivity index (χ0v) is 12.6. The van der Waals surface area contributed by atoms with Crippen LogP contribution in [0.4, 0.5) is 10.5 Å². The maximum atomic E-state index is 11.8. The van der Waals surface area contributed by atoms with E-state index in [0.29, 0.717) is 6.42 Å². The first-order valence-electron chi connectivity index (χ1n) is 6.11. The van der Waals surface area contributed by atoms with Gasteiger partial charge in [0.1, 0.15) is 6.04 Å². The summed E-state index contributed by atoms with van der Waals surface area (Å²) >= 11 is 11.8. The van der Waals surface area contributed by atoms with Gasteiger partial charge >= 0.3 is 12.0 Å². The lowest BCUT2D eigenvalue weighted by Crippen LogP contribution is -2.46. The predicted molar refractivity (Wildman–Crippen MR) is 79.5 cm³/mol. The number of para-hydroxylation sites is 1. The standard InChI is InChI=1S/C13H16Cl2N2O3/c1-3-7(2)10(12(18)19)16-13(20)17-11-8(14)5-4-6-9(11)15/h4-7,10H,3H2,1-2H3,(H,18,19)(H2,16,17,20). The van der Waals surface area contributed by atoms with Gasteiger partial charge in [-0.2, -0.15) is 0 Å². The lowest BCUT2D eigenvalue weighted by atomic mass is 9.99. The van der Waals surface area contributed by atoms with Gasteiger partial charge in [-0.25, -0.2) is 9.59 Å². The fourth-order valence-electron chi connectivity index (χ4n) is 1.59. The van der Waals surface area contributed by atoms with Gasteiger partial charge in [0.2, 0.25) is 0 Å². The van der Waals surface area contributed by atoms with Crippen molar-refractivity contribution in [3.8, 4) is 0 Å². The fraction of sp³-hybridized carbons (Fsp3) is 0.385. The van der Waals surface area contributed by atoms with Crippen molar-refractivity contribution in [3.05, 3.63) is 28.2 Å². The summed E-state index contributed by atoms with van der Waals surface area (Å²) in [7, 11) is 0. The molecule has 3 N–H and O–H groups in total. The van der Waals surface area contributed by atoms with Crippen molar-refractivity contribution in [1.82, 2.24) is 5.32 Å². The van der Waals surface area contributed by atoms with Crippen LogP contribution in [0.3, 0.4) is 0 Å². The Morgan fingerprint density at radius 3 is 2.30 bits per heavy atom. The third-order valence-electron chi connectivity index (χ3n) is 2.97. The number of rotatable bonds is 5. The van der Waals surface area contributed by atoms with Crippen LogP contribution in [0.1, 0.15) is 20.3 Å². The molecule has 1 rings (SSSR count). The number of nitrogens with one attached hydrogen (secondary N) is 2. The molecule has 0 saturated heterocycles. The van der Waals surface area contributed by atoms with Crippen LogP contribution in [0, 0.1) is 5.92 Å². The molecule has 0 saturated carbocycles. The molecule has 0 bridgehead atoms. The Balaban J connectivity index is 2.79. The van der Waals surface area contributed by atoms with Crippen molar-refractivity contribution in [1.29, 1.82) is 0 Å². The van der Waals surface area contributed by atoms with Crippen LogP contribution in [-0.2, 0) is 4.79 Å². The molecule has 2 atom stereocenters. The fourth-order valence-corrected chi connectivity index (χ4v) is 2.08. The lowest BCUT2D eigenvalue weighted by Gasteiger charge is -2.20. The molecule has 5 nitrogen and oxygen atoms in total. The molecule has 1 aromatic rings. The van der Waals surface area contributed by atoms with E-state index in [9.17, 15) is 9.59 Å². The summed E-state index contributed by atoms with van der Waals surface area (Å²) in [5, 5.41) is 14.5. The Kier molecular flexibility index (Phi) is 6.10. The van der Waals surface area contributed by atoms with Gasteiger partial charge in [0, 0.05) is 0 Å². The largest absolute Gasteiger partial charge is 0.480 e. The van der Waals surface area contributed by atoms with Crippen LogP contribution >= 0.6 is 23.2 Å². The summed E-state index contributed by atoms with van der Waals surface area (Å²) in [6, 6.07) is 3.17. The zero-order chi connectivity index (χ0) is 15.3. The minimum atomic E-state index is -1.08. The van der Waals surface area contributed by atoms with Crippen LogP contribution < -0.4 is 10.6 Å². The van der Waals surface area contributed by atoms with Gasteiger partial charge in [-0.15, -0.1) is 0 Å². The molecule has 20 heavy (non-hydrogen) atoms. The van der Waals surface area contributed by atoms with Gasteiger partial charge < -0.3 is 15.7 Å². The van der Waals surface area contributed by atoms with E-state index in [-0.39, 0.29) is 21.7 Å². The maximum absolute atomic E-state index is 11.8. The van der Waals surface area contributed by atoms with Gasteiger partial charge in [0.15, 0.2) is 0 Å². The summed E-state index contributed by atoms with van der Waals surface area (Å²) < 4.78 is 0. The normalized spacial score (nSPS) is 13.4. The number of benzene rings is 1. The minimum Gasteiger partial charge on any atom is -0.480 e. The van der Waals surface area contributed by atoms with Crippen LogP contribution in [0.15, 0.2) is 18.2 Å². The summed E-state index contributed by atoms with van der Waals surface area (Å²) in [5.41, 5.74) is 0.252. The second-order valence-electron chi connectivity index (χ2n) is 4.40. The van der Waals surface area contributed by atoms with Crippen LogP contribution in [0.2, 0.25) is 10.0 Å². The van der Waals surface area contributed by atoms with Crippen molar-refractivity contribution in [2.45, 2.75) is 26.3 Å². The summed E-state index contributed by atoms with van der Waals surface area (Å²) in [5.74, 6) is -1.28. The first-order valence-corrected chi connectivity index (χ1v) is 6.86. The first-order chi connectivity index (χ1) is 9.36. The number of anilines is 1. The van der Waals surface area contributed by atoms with Gasteiger partial charge in [-0.05, 0) is 18.1 Å². The highest BCUT2D eigenvalue weighted by Crippen LogP contribution is 2.29. The van der Waals surface area contributed by atoms with Crippen LogP contribution in [0.5, 0.6) is 0 Å². The van der Waals surface area contributed by atoms with Gasteiger partial charge in [-0.1, -0.05) is 49.5 Å². The first kappa shape index (κ1) is 16.6. The molecule has 1 aromatic carbocycles. The van der Waals surface area contributed by atoms with E-state index in [4.69, 9.17) is 28.3 Å². The molecule has 0 aromatic heterocycles. The molecular weight excluding hydrogens is 303 g/mol. The number of carboxylic acid groups (broad SMARTS) is 1. The number of amides is 2. The molecule has 0 aliphatic carbocycles. The Hall–Kier alpha value is -1.46. The molecule has 0 aliphatic heterocycles. The molecular formula is C13H16Cl2N2O3. The average Bonchev–Trinajstić information content (AvgIpc) is 2.39. The summed E-state index contributed by atoms with van der Waals surface area (Å²) in [6.45, 7) is 3.60. The van der Waals surface area contributed by atoms with Gasteiger partial charge in [0.25, 0.3) is 0 Å². The second-order valence-corrected chi connectivity index (χ2v) is 5.21. The molecule has 7 heteroatoms. The monoisotopic (exact) mass is 318 g/mol. The van der Waals surface area contributed by atoms with E-state index in [2.05, 4.69) is 10.6 Å². The molecule has 0 aliphatic rings. The number of carbonyl (C=O) groups is 2. The van der Waals surface area contributed by atoms with Crippen molar-refractivity contribution >= 4 is 40.9 Å². The second kappa shape index (κ2) is 7.36. The number of urea groups is 1. The molecule has 0 radical (unpaired) electrons. The third kappa shape index (κ3) is 4.28. The van der Waals surface area contributed by atoms with E-state index >= 15 is 0 Å². The zero-order valence-electron chi connectivity index (χ0n) is 11.1. The quantitative estimate of drug-likeness (QED) is 0.775. The van der Waals surface area contributed by atoms with E-state index in [1.165, 1.54) is 0 Å². The smallest absolute Gasteiger partial charge is 0.326 e. The Morgan fingerprint density at radius 2 is 1.85 bits per heavy atom. The molecule has 0 heterocycles. The molecule has 2 unspecified atom stereocenters. The maximum Gasteiger partial charge on any atom is 0.326 e. The number of hydrogen-bond donors (Lipinski definition) is 3.